The lowest BCUT2D eigenvalue weighted by molar-refractivity contribution is -0.115. The van der Waals surface area contributed by atoms with E-state index in [1.165, 1.54) is 0 Å². The lowest BCUT2D eigenvalue weighted by Crippen LogP contribution is -2.13. The first kappa shape index (κ1) is 11.9. The summed E-state index contributed by atoms with van der Waals surface area (Å²) in [6.07, 6.45) is 0.396. The van der Waals surface area contributed by atoms with Gasteiger partial charge in [0.1, 0.15) is 5.52 Å². The lowest BCUT2D eigenvalue weighted by Gasteiger charge is -2.03. The Morgan fingerprint density at radius 3 is 3.11 bits per heavy atom. The molecule has 0 aliphatic carbocycles. The molecule has 0 fully saturated rings. The molecule has 3 aromatic rings. The second-order valence-corrected chi connectivity index (χ2v) is 5.25. The molecule has 0 aliphatic rings. The Morgan fingerprint density at radius 1 is 1.42 bits per heavy atom. The number of rotatable bonds is 3. The quantitative estimate of drug-likeness (QED) is 0.795. The summed E-state index contributed by atoms with van der Waals surface area (Å²) < 4.78 is 5.39. The van der Waals surface area contributed by atoms with E-state index in [-0.39, 0.29) is 5.91 Å². The number of anilines is 1. The molecule has 2 heterocycles. The predicted octanol–water partition coefficient (Wildman–Crippen LogP) is 3.38. The van der Waals surface area contributed by atoms with Gasteiger partial charge in [-0.25, -0.2) is 4.98 Å². The maximum Gasteiger partial charge on any atom is 0.229 e. The molecular formula is C14H12N2O2S. The standard InChI is InChI=1S/C14H12N2O2S/c1-9-15-12-7-10(4-5-13(12)18-9)16-14(17)8-11-3-2-6-19-11/h2-7H,8H2,1H3,(H,16,17). The van der Waals surface area contributed by atoms with E-state index in [2.05, 4.69) is 10.3 Å². The van der Waals surface area contributed by atoms with Crippen LogP contribution in [0, 0.1) is 6.92 Å². The van der Waals surface area contributed by atoms with Gasteiger partial charge in [-0.05, 0) is 29.6 Å². The lowest BCUT2D eigenvalue weighted by atomic mass is 10.2. The molecule has 0 bridgehead atoms. The monoisotopic (exact) mass is 272 g/mol. The van der Waals surface area contributed by atoms with Gasteiger partial charge in [-0.3, -0.25) is 4.79 Å². The second kappa shape index (κ2) is 4.85. The van der Waals surface area contributed by atoms with Crippen LogP contribution in [-0.4, -0.2) is 10.9 Å². The summed E-state index contributed by atoms with van der Waals surface area (Å²) in [4.78, 5) is 17.2. The molecule has 1 N–H and O–H groups in total. The number of hydrogen-bond acceptors (Lipinski definition) is 4. The van der Waals surface area contributed by atoms with E-state index in [4.69, 9.17) is 4.42 Å². The number of fused-ring (bicyclic) bond motifs is 1. The number of nitrogens with one attached hydrogen (secondary N) is 1. The number of hydrogen-bond donors (Lipinski definition) is 1. The highest BCUT2D eigenvalue weighted by Crippen LogP contribution is 2.20. The molecule has 0 radical (unpaired) electrons. The molecule has 3 rings (SSSR count). The van der Waals surface area contributed by atoms with Crippen molar-refractivity contribution in [1.82, 2.24) is 4.98 Å². The van der Waals surface area contributed by atoms with Crippen LogP contribution in [0.15, 0.2) is 40.1 Å². The number of carbonyl (C=O) groups excluding carboxylic acids is 1. The molecule has 0 aliphatic heterocycles. The third kappa shape index (κ3) is 2.66. The van der Waals surface area contributed by atoms with Gasteiger partial charge in [0.15, 0.2) is 11.5 Å². The Bertz CT molecular complexity index is 716. The van der Waals surface area contributed by atoms with Crippen molar-refractivity contribution in [3.05, 3.63) is 46.5 Å². The van der Waals surface area contributed by atoms with E-state index < -0.39 is 0 Å². The highest BCUT2D eigenvalue weighted by atomic mass is 32.1. The van der Waals surface area contributed by atoms with Crippen molar-refractivity contribution in [2.24, 2.45) is 0 Å². The van der Waals surface area contributed by atoms with E-state index in [1.807, 2.05) is 35.7 Å². The topological polar surface area (TPSA) is 55.1 Å². The summed E-state index contributed by atoms with van der Waals surface area (Å²) in [5, 5.41) is 4.83. The Balaban J connectivity index is 1.75. The highest BCUT2D eigenvalue weighted by molar-refractivity contribution is 7.10. The number of nitrogens with zero attached hydrogens (tertiary/aromatic N) is 1. The molecule has 0 saturated carbocycles. The van der Waals surface area contributed by atoms with Gasteiger partial charge in [0.05, 0.1) is 6.42 Å². The van der Waals surface area contributed by atoms with Crippen LogP contribution in [0.4, 0.5) is 5.69 Å². The first-order valence-electron chi connectivity index (χ1n) is 5.90. The van der Waals surface area contributed by atoms with Crippen LogP contribution in [0.3, 0.4) is 0 Å². The Hall–Kier alpha value is -2.14. The number of benzene rings is 1. The van der Waals surface area contributed by atoms with Crippen molar-refractivity contribution in [2.45, 2.75) is 13.3 Å². The zero-order valence-electron chi connectivity index (χ0n) is 10.3. The average molecular weight is 272 g/mol. The van der Waals surface area contributed by atoms with Crippen molar-refractivity contribution in [3.8, 4) is 0 Å². The second-order valence-electron chi connectivity index (χ2n) is 4.22. The molecular weight excluding hydrogens is 260 g/mol. The van der Waals surface area contributed by atoms with E-state index in [0.717, 1.165) is 21.7 Å². The normalized spacial score (nSPS) is 10.8. The maximum absolute atomic E-state index is 11.9. The predicted molar refractivity (Wildman–Crippen MR) is 75.4 cm³/mol. The minimum atomic E-state index is -0.0259. The van der Waals surface area contributed by atoms with Crippen LogP contribution in [0.1, 0.15) is 10.8 Å². The van der Waals surface area contributed by atoms with E-state index in [1.54, 1.807) is 18.3 Å². The third-order valence-corrected chi connectivity index (χ3v) is 3.57. The average Bonchev–Trinajstić information content (AvgIpc) is 2.96. The summed E-state index contributed by atoms with van der Waals surface area (Å²) in [5.74, 6) is 0.596. The van der Waals surface area contributed by atoms with Crippen LogP contribution in [0.25, 0.3) is 11.1 Å². The van der Waals surface area contributed by atoms with Gasteiger partial charge in [-0.1, -0.05) is 6.07 Å². The SMILES string of the molecule is Cc1nc2cc(NC(=O)Cc3cccs3)ccc2o1. The van der Waals surface area contributed by atoms with E-state index >= 15 is 0 Å². The van der Waals surface area contributed by atoms with Gasteiger partial charge in [-0.15, -0.1) is 11.3 Å². The fourth-order valence-corrected chi connectivity index (χ4v) is 2.60. The fourth-order valence-electron chi connectivity index (χ4n) is 1.90. The van der Waals surface area contributed by atoms with Gasteiger partial charge >= 0.3 is 0 Å². The minimum absolute atomic E-state index is 0.0259. The number of amides is 1. The van der Waals surface area contributed by atoms with Crippen molar-refractivity contribution in [3.63, 3.8) is 0 Å². The first-order valence-corrected chi connectivity index (χ1v) is 6.78. The molecule has 0 spiro atoms. The Morgan fingerprint density at radius 2 is 2.32 bits per heavy atom. The number of aryl methyl sites for hydroxylation is 1. The van der Waals surface area contributed by atoms with Crippen molar-refractivity contribution >= 4 is 34.0 Å². The van der Waals surface area contributed by atoms with Crippen LogP contribution >= 0.6 is 11.3 Å². The molecule has 4 nitrogen and oxygen atoms in total. The van der Waals surface area contributed by atoms with Gasteiger partial charge < -0.3 is 9.73 Å². The smallest absolute Gasteiger partial charge is 0.229 e. The van der Waals surface area contributed by atoms with Gasteiger partial charge in [-0.2, -0.15) is 0 Å². The summed E-state index contributed by atoms with van der Waals surface area (Å²) in [6, 6.07) is 9.35. The first-order chi connectivity index (χ1) is 9.20. The number of carbonyl (C=O) groups is 1. The molecule has 0 saturated heterocycles. The van der Waals surface area contributed by atoms with Crippen molar-refractivity contribution in [2.75, 3.05) is 5.32 Å². The minimum Gasteiger partial charge on any atom is -0.441 e. The maximum atomic E-state index is 11.9. The zero-order valence-corrected chi connectivity index (χ0v) is 11.2. The van der Waals surface area contributed by atoms with Gasteiger partial charge in [0, 0.05) is 17.5 Å². The Labute approximate surface area is 114 Å². The summed E-state index contributed by atoms with van der Waals surface area (Å²) >= 11 is 1.58. The number of thiophene rings is 1. The third-order valence-electron chi connectivity index (χ3n) is 2.69. The largest absolute Gasteiger partial charge is 0.441 e. The summed E-state index contributed by atoms with van der Waals surface area (Å²) in [5.41, 5.74) is 2.22. The summed E-state index contributed by atoms with van der Waals surface area (Å²) in [6.45, 7) is 1.80. The van der Waals surface area contributed by atoms with Crippen LogP contribution in [0.5, 0.6) is 0 Å². The highest BCUT2D eigenvalue weighted by Gasteiger charge is 2.07. The number of oxazole rings is 1. The molecule has 19 heavy (non-hydrogen) atoms. The van der Waals surface area contributed by atoms with E-state index in [9.17, 15) is 4.79 Å². The molecule has 1 aromatic carbocycles. The van der Waals surface area contributed by atoms with Crippen molar-refractivity contribution in [1.29, 1.82) is 0 Å². The Kier molecular flexibility index (Phi) is 3.05. The van der Waals surface area contributed by atoms with Gasteiger partial charge in [0.25, 0.3) is 0 Å². The van der Waals surface area contributed by atoms with Crippen molar-refractivity contribution < 1.29 is 9.21 Å². The molecule has 0 unspecified atom stereocenters. The summed E-state index contributed by atoms with van der Waals surface area (Å²) in [7, 11) is 0. The molecule has 96 valence electrons. The molecule has 5 heteroatoms. The number of aromatic nitrogens is 1. The zero-order chi connectivity index (χ0) is 13.2. The fraction of sp³-hybridized carbons (Fsp3) is 0.143. The van der Waals surface area contributed by atoms with Crippen LogP contribution in [0.2, 0.25) is 0 Å². The van der Waals surface area contributed by atoms with Crippen LogP contribution in [-0.2, 0) is 11.2 Å². The van der Waals surface area contributed by atoms with E-state index in [0.29, 0.717) is 12.3 Å². The molecule has 2 aromatic heterocycles. The van der Waals surface area contributed by atoms with Crippen LogP contribution < -0.4 is 5.32 Å². The molecule has 1 amide bonds. The molecule has 0 atom stereocenters. The van der Waals surface area contributed by atoms with Gasteiger partial charge in [0.2, 0.25) is 5.91 Å².